The van der Waals surface area contributed by atoms with Gasteiger partial charge in [0.05, 0.1) is 18.8 Å². The number of halogens is 1. The van der Waals surface area contributed by atoms with E-state index in [4.69, 9.17) is 21.1 Å². The van der Waals surface area contributed by atoms with Gasteiger partial charge in [0.2, 0.25) is 5.60 Å². The smallest absolute Gasteiger partial charge is 0.339 e. The molecule has 0 saturated carbocycles. The predicted molar refractivity (Wildman–Crippen MR) is 92.3 cm³/mol. The molecule has 1 saturated heterocycles. The standard InChI is InChI=1S/C19H16ClNO4/c1-2-24-17(22)16-19(25-16)14-10-13(20)8-9-15(14)21(18(19)23)11-12-6-4-3-5-7-12/h3-10,16H,2,11H2,1H3/t16-,19+/m0/s1. The van der Waals surface area contributed by atoms with Crippen LogP contribution in [0.1, 0.15) is 18.1 Å². The van der Waals surface area contributed by atoms with Crippen LogP contribution in [0, 0.1) is 0 Å². The molecule has 2 aliphatic rings. The summed E-state index contributed by atoms with van der Waals surface area (Å²) in [7, 11) is 0. The van der Waals surface area contributed by atoms with Crippen LogP contribution in [0.2, 0.25) is 5.02 Å². The molecule has 0 aromatic heterocycles. The number of fused-ring (bicyclic) bond motifs is 2. The number of ether oxygens (including phenoxy) is 2. The van der Waals surface area contributed by atoms with Crippen LogP contribution < -0.4 is 4.90 Å². The summed E-state index contributed by atoms with van der Waals surface area (Å²) in [5.74, 6) is -0.782. The number of esters is 1. The van der Waals surface area contributed by atoms with Gasteiger partial charge in [-0.15, -0.1) is 0 Å². The average Bonchev–Trinajstić information content (AvgIpc) is 3.33. The fourth-order valence-corrected chi connectivity index (χ4v) is 3.51. The zero-order chi connectivity index (χ0) is 17.6. The molecule has 2 aromatic carbocycles. The van der Waals surface area contributed by atoms with Gasteiger partial charge in [0.25, 0.3) is 5.91 Å². The highest BCUT2D eigenvalue weighted by atomic mass is 35.5. The second-order valence-electron chi connectivity index (χ2n) is 6.02. The van der Waals surface area contributed by atoms with Gasteiger partial charge >= 0.3 is 5.97 Å². The molecular weight excluding hydrogens is 342 g/mol. The van der Waals surface area contributed by atoms with E-state index in [0.29, 0.717) is 22.8 Å². The third-order valence-electron chi connectivity index (χ3n) is 4.51. The maximum Gasteiger partial charge on any atom is 0.339 e. The highest BCUT2D eigenvalue weighted by Gasteiger charge is 2.73. The molecule has 2 heterocycles. The van der Waals surface area contributed by atoms with Crippen molar-refractivity contribution in [3.8, 4) is 0 Å². The molecule has 0 N–H and O–H groups in total. The summed E-state index contributed by atoms with van der Waals surface area (Å²) >= 11 is 6.12. The van der Waals surface area contributed by atoms with Crippen LogP contribution in [0.15, 0.2) is 48.5 Å². The fraction of sp³-hybridized carbons (Fsp3) is 0.263. The van der Waals surface area contributed by atoms with E-state index in [1.54, 1.807) is 30.0 Å². The maximum atomic E-state index is 13.1. The van der Waals surface area contributed by atoms with E-state index in [1.165, 1.54) is 0 Å². The monoisotopic (exact) mass is 357 g/mol. The lowest BCUT2D eigenvalue weighted by molar-refractivity contribution is -0.144. The van der Waals surface area contributed by atoms with Crippen LogP contribution >= 0.6 is 11.6 Å². The molecule has 1 amide bonds. The van der Waals surface area contributed by atoms with Crippen molar-refractivity contribution in [2.24, 2.45) is 0 Å². The van der Waals surface area contributed by atoms with Crippen molar-refractivity contribution in [1.29, 1.82) is 0 Å². The number of carbonyl (C=O) groups excluding carboxylic acids is 2. The predicted octanol–water partition coefficient (Wildman–Crippen LogP) is 3.04. The highest BCUT2D eigenvalue weighted by Crippen LogP contribution is 2.57. The average molecular weight is 358 g/mol. The molecule has 25 heavy (non-hydrogen) atoms. The van der Waals surface area contributed by atoms with Crippen molar-refractivity contribution in [1.82, 2.24) is 0 Å². The molecule has 5 nitrogen and oxygen atoms in total. The molecule has 0 radical (unpaired) electrons. The van der Waals surface area contributed by atoms with Gasteiger partial charge in [-0.2, -0.15) is 0 Å². The van der Waals surface area contributed by atoms with Gasteiger partial charge in [-0.3, -0.25) is 4.79 Å². The zero-order valence-electron chi connectivity index (χ0n) is 13.6. The molecule has 6 heteroatoms. The van der Waals surface area contributed by atoms with Crippen LogP contribution in [0.3, 0.4) is 0 Å². The minimum absolute atomic E-state index is 0.235. The van der Waals surface area contributed by atoms with Gasteiger partial charge in [0, 0.05) is 10.6 Å². The number of nitrogens with zero attached hydrogens (tertiary/aromatic N) is 1. The molecule has 0 aliphatic carbocycles. The van der Waals surface area contributed by atoms with Crippen LogP contribution in [0.4, 0.5) is 5.69 Å². The molecule has 0 unspecified atom stereocenters. The number of anilines is 1. The summed E-state index contributed by atoms with van der Waals surface area (Å²) in [4.78, 5) is 26.9. The van der Waals surface area contributed by atoms with Crippen LogP contribution in [-0.4, -0.2) is 24.6 Å². The van der Waals surface area contributed by atoms with Crippen molar-refractivity contribution in [2.45, 2.75) is 25.2 Å². The van der Waals surface area contributed by atoms with E-state index in [2.05, 4.69) is 0 Å². The minimum Gasteiger partial charge on any atom is -0.464 e. The van der Waals surface area contributed by atoms with Crippen molar-refractivity contribution < 1.29 is 19.1 Å². The quantitative estimate of drug-likeness (QED) is 0.623. The number of rotatable bonds is 4. The van der Waals surface area contributed by atoms with E-state index >= 15 is 0 Å². The zero-order valence-corrected chi connectivity index (χ0v) is 14.3. The lowest BCUT2D eigenvalue weighted by Crippen LogP contribution is -2.35. The number of carbonyl (C=O) groups is 2. The second kappa shape index (κ2) is 5.86. The third kappa shape index (κ3) is 2.42. The summed E-state index contributed by atoms with van der Waals surface area (Å²) < 4.78 is 10.6. The molecular formula is C19H16ClNO4. The minimum atomic E-state index is -1.30. The van der Waals surface area contributed by atoms with E-state index in [9.17, 15) is 9.59 Å². The Balaban J connectivity index is 1.73. The van der Waals surface area contributed by atoms with Gasteiger partial charge in [-0.25, -0.2) is 4.79 Å². The fourth-order valence-electron chi connectivity index (χ4n) is 3.34. The van der Waals surface area contributed by atoms with Gasteiger partial charge < -0.3 is 14.4 Å². The molecule has 1 spiro atoms. The Bertz CT molecular complexity index is 854. The Morgan fingerprint density at radius 1 is 1.28 bits per heavy atom. The largest absolute Gasteiger partial charge is 0.464 e. The van der Waals surface area contributed by atoms with Gasteiger partial charge in [0.15, 0.2) is 6.10 Å². The molecule has 1 fully saturated rings. The number of hydrogen-bond donors (Lipinski definition) is 0. The first kappa shape index (κ1) is 16.1. The van der Waals surface area contributed by atoms with E-state index in [0.717, 1.165) is 5.56 Å². The van der Waals surface area contributed by atoms with Gasteiger partial charge in [0.1, 0.15) is 0 Å². The van der Waals surface area contributed by atoms with Crippen LogP contribution in [-0.2, 0) is 31.2 Å². The summed E-state index contributed by atoms with van der Waals surface area (Å²) in [5.41, 5.74) is 1.02. The SMILES string of the molecule is CCOC(=O)[C@@H]1O[C@@]12C(=O)N(Cc1ccccc1)c1ccc(Cl)cc12. The maximum absolute atomic E-state index is 13.1. The Hall–Kier alpha value is -2.37. The number of hydrogen-bond acceptors (Lipinski definition) is 4. The second-order valence-corrected chi connectivity index (χ2v) is 6.46. The summed E-state index contributed by atoms with van der Waals surface area (Å²) in [5, 5.41) is 0.491. The molecule has 128 valence electrons. The number of benzene rings is 2. The van der Waals surface area contributed by atoms with Gasteiger partial charge in [-0.1, -0.05) is 41.9 Å². The van der Waals surface area contributed by atoms with Crippen molar-refractivity contribution in [2.75, 3.05) is 11.5 Å². The lowest BCUT2D eigenvalue weighted by atomic mass is 9.97. The van der Waals surface area contributed by atoms with Crippen molar-refractivity contribution >= 4 is 29.2 Å². The number of epoxide rings is 1. The molecule has 2 aliphatic heterocycles. The number of amides is 1. The normalized spacial score (nSPS) is 23.7. The highest BCUT2D eigenvalue weighted by molar-refractivity contribution is 6.31. The Morgan fingerprint density at radius 2 is 2.04 bits per heavy atom. The van der Waals surface area contributed by atoms with E-state index in [1.807, 2.05) is 30.3 Å². The first-order valence-corrected chi connectivity index (χ1v) is 8.46. The molecule has 0 bridgehead atoms. The topological polar surface area (TPSA) is 59.1 Å². The Kier molecular flexibility index (Phi) is 3.78. The third-order valence-corrected chi connectivity index (χ3v) is 4.75. The Morgan fingerprint density at radius 3 is 2.76 bits per heavy atom. The van der Waals surface area contributed by atoms with E-state index < -0.39 is 17.7 Å². The first-order valence-electron chi connectivity index (χ1n) is 8.08. The first-order chi connectivity index (χ1) is 12.1. The van der Waals surface area contributed by atoms with Gasteiger partial charge in [-0.05, 0) is 30.7 Å². The van der Waals surface area contributed by atoms with Crippen molar-refractivity contribution in [3.63, 3.8) is 0 Å². The van der Waals surface area contributed by atoms with E-state index in [-0.39, 0.29) is 12.5 Å². The Labute approximate surface area is 150 Å². The summed E-state index contributed by atoms with van der Waals surface area (Å²) in [6.45, 7) is 2.35. The summed E-state index contributed by atoms with van der Waals surface area (Å²) in [6.07, 6.45) is -0.919. The summed E-state index contributed by atoms with van der Waals surface area (Å²) in [6, 6.07) is 14.9. The van der Waals surface area contributed by atoms with Crippen LogP contribution in [0.5, 0.6) is 0 Å². The molecule has 2 aromatic rings. The van der Waals surface area contributed by atoms with Crippen LogP contribution in [0.25, 0.3) is 0 Å². The van der Waals surface area contributed by atoms with Crippen molar-refractivity contribution in [3.05, 3.63) is 64.7 Å². The lowest BCUT2D eigenvalue weighted by Gasteiger charge is -2.17. The molecule has 2 atom stereocenters. The molecule has 4 rings (SSSR count).